The monoisotopic (exact) mass is 342 g/mol. The van der Waals surface area contributed by atoms with Gasteiger partial charge in [-0.2, -0.15) is 18.2 Å². The summed E-state index contributed by atoms with van der Waals surface area (Å²) in [6.45, 7) is 0.787. The first kappa shape index (κ1) is 17.2. The second kappa shape index (κ2) is 6.50. The van der Waals surface area contributed by atoms with Crippen molar-refractivity contribution in [3.8, 4) is 0 Å². The van der Waals surface area contributed by atoms with Gasteiger partial charge in [-0.15, -0.1) is 0 Å². The van der Waals surface area contributed by atoms with E-state index < -0.39 is 28.4 Å². The molecular formula is C11H17F3N4O3S. The fourth-order valence-electron chi connectivity index (χ4n) is 2.41. The zero-order valence-corrected chi connectivity index (χ0v) is 12.7. The fraction of sp³-hybridized carbons (Fsp3) is 0.818. The van der Waals surface area contributed by atoms with Crippen LogP contribution in [0, 0.1) is 0 Å². The van der Waals surface area contributed by atoms with E-state index in [0.29, 0.717) is 13.0 Å². The Hall–Kier alpha value is -1.20. The Balaban J connectivity index is 1.98. The van der Waals surface area contributed by atoms with Crippen molar-refractivity contribution >= 4 is 10.0 Å². The number of halogens is 3. The van der Waals surface area contributed by atoms with Gasteiger partial charge >= 0.3 is 6.18 Å². The Bertz CT molecular complexity index is 602. The maximum absolute atomic E-state index is 12.2. The van der Waals surface area contributed by atoms with Crippen LogP contribution in [0.15, 0.2) is 4.52 Å². The van der Waals surface area contributed by atoms with Gasteiger partial charge in [0.1, 0.15) is 6.42 Å². The molecule has 7 nitrogen and oxygen atoms in total. The Labute approximate surface area is 125 Å². The van der Waals surface area contributed by atoms with E-state index in [1.165, 1.54) is 7.05 Å². The van der Waals surface area contributed by atoms with Crippen molar-refractivity contribution in [2.75, 3.05) is 19.3 Å². The third-order valence-electron chi connectivity index (χ3n) is 3.43. The molecule has 1 atom stereocenters. The molecule has 0 spiro atoms. The summed E-state index contributed by atoms with van der Waals surface area (Å²) in [7, 11) is -2.01. The first-order chi connectivity index (χ1) is 10.2. The van der Waals surface area contributed by atoms with E-state index in [4.69, 9.17) is 4.52 Å². The maximum Gasteiger partial charge on any atom is 0.396 e. The van der Waals surface area contributed by atoms with E-state index in [9.17, 15) is 21.6 Å². The molecule has 2 heterocycles. The predicted octanol–water partition coefficient (Wildman–Crippen LogP) is 0.688. The summed E-state index contributed by atoms with van der Waals surface area (Å²) in [6.07, 6.45) is -4.12. The van der Waals surface area contributed by atoms with Crippen molar-refractivity contribution in [3.05, 3.63) is 11.7 Å². The molecule has 126 valence electrons. The lowest BCUT2D eigenvalue weighted by molar-refractivity contribution is -0.128. The van der Waals surface area contributed by atoms with Crippen LogP contribution in [0.25, 0.3) is 0 Å². The van der Waals surface area contributed by atoms with E-state index in [2.05, 4.69) is 14.9 Å². The number of aromatic nitrogens is 2. The van der Waals surface area contributed by atoms with E-state index >= 15 is 0 Å². The SMILES string of the molecule is CNS(=O)(=O)CC1CCCN1Cc1nc(CC(F)(F)F)no1. The van der Waals surface area contributed by atoms with Crippen molar-refractivity contribution < 1.29 is 26.1 Å². The van der Waals surface area contributed by atoms with Crippen LogP contribution in [0.1, 0.15) is 24.6 Å². The number of nitrogens with one attached hydrogen (secondary N) is 1. The highest BCUT2D eigenvalue weighted by molar-refractivity contribution is 7.89. The molecule has 1 aromatic heterocycles. The minimum absolute atomic E-state index is 0.0625. The standard InChI is InChI=1S/C11H17F3N4O3S/c1-15-22(19,20)7-8-3-2-4-18(8)6-10-16-9(17-21-10)5-11(12,13)14/h8,15H,2-7H2,1H3. The zero-order valence-electron chi connectivity index (χ0n) is 11.9. The van der Waals surface area contributed by atoms with Gasteiger partial charge in [0.2, 0.25) is 15.9 Å². The van der Waals surface area contributed by atoms with E-state index in [-0.39, 0.29) is 24.2 Å². The Kier molecular flexibility index (Phi) is 5.07. The predicted molar refractivity (Wildman–Crippen MR) is 70.3 cm³/mol. The fourth-order valence-corrected chi connectivity index (χ4v) is 3.46. The lowest BCUT2D eigenvalue weighted by Crippen LogP contribution is -2.38. The van der Waals surface area contributed by atoms with Gasteiger partial charge in [-0.05, 0) is 26.4 Å². The zero-order chi connectivity index (χ0) is 16.4. The largest absolute Gasteiger partial charge is 0.396 e. The van der Waals surface area contributed by atoms with Crippen LogP contribution in [0.4, 0.5) is 13.2 Å². The number of alkyl halides is 3. The summed E-state index contributed by atoms with van der Waals surface area (Å²) in [6, 6.07) is -0.213. The molecule has 0 bridgehead atoms. The van der Waals surface area contributed by atoms with Crippen LogP contribution in [-0.4, -0.2) is 55.0 Å². The molecule has 1 saturated heterocycles. The summed E-state index contributed by atoms with van der Waals surface area (Å²) in [4.78, 5) is 5.54. The first-order valence-corrected chi connectivity index (χ1v) is 8.37. The first-order valence-electron chi connectivity index (χ1n) is 6.72. The molecule has 0 aromatic carbocycles. The molecule has 0 aliphatic carbocycles. The minimum atomic E-state index is -4.39. The quantitative estimate of drug-likeness (QED) is 0.818. The molecule has 1 N–H and O–H groups in total. The topological polar surface area (TPSA) is 88.3 Å². The van der Waals surface area contributed by atoms with E-state index in [1.807, 2.05) is 4.90 Å². The molecule has 1 fully saturated rings. The molecule has 1 aliphatic rings. The maximum atomic E-state index is 12.2. The summed E-state index contributed by atoms with van der Waals surface area (Å²) in [5, 5.41) is 3.30. The normalized spacial score (nSPS) is 20.6. The molecule has 0 saturated carbocycles. The van der Waals surface area contributed by atoms with Gasteiger partial charge in [-0.1, -0.05) is 5.16 Å². The molecule has 1 unspecified atom stereocenters. The number of nitrogens with zero attached hydrogens (tertiary/aromatic N) is 3. The summed E-state index contributed by atoms with van der Waals surface area (Å²) >= 11 is 0. The minimum Gasteiger partial charge on any atom is -0.338 e. The smallest absolute Gasteiger partial charge is 0.338 e. The molecular weight excluding hydrogens is 325 g/mol. The second-order valence-corrected chi connectivity index (χ2v) is 7.12. The highest BCUT2D eigenvalue weighted by Crippen LogP contribution is 2.22. The highest BCUT2D eigenvalue weighted by atomic mass is 32.2. The molecule has 0 radical (unpaired) electrons. The second-order valence-electron chi connectivity index (χ2n) is 5.15. The number of sulfonamides is 1. The number of hydrogen-bond donors (Lipinski definition) is 1. The lowest BCUT2D eigenvalue weighted by Gasteiger charge is -2.22. The van der Waals surface area contributed by atoms with Gasteiger partial charge < -0.3 is 4.52 Å². The van der Waals surface area contributed by atoms with Crippen molar-refractivity contribution in [3.63, 3.8) is 0 Å². The van der Waals surface area contributed by atoms with Crippen LogP contribution in [0.2, 0.25) is 0 Å². The van der Waals surface area contributed by atoms with Gasteiger partial charge in [0.05, 0.1) is 12.3 Å². The molecule has 1 aromatic rings. The van der Waals surface area contributed by atoms with Gasteiger partial charge in [0, 0.05) is 6.04 Å². The summed E-state index contributed by atoms with van der Waals surface area (Å²) < 4.78 is 67.0. The third-order valence-corrected chi connectivity index (χ3v) is 4.87. The number of hydrogen-bond acceptors (Lipinski definition) is 6. The lowest BCUT2D eigenvalue weighted by atomic mass is 10.2. The van der Waals surface area contributed by atoms with Crippen molar-refractivity contribution in [1.82, 2.24) is 19.8 Å². The molecule has 2 rings (SSSR count). The Morgan fingerprint density at radius 2 is 2.18 bits per heavy atom. The molecule has 11 heteroatoms. The third kappa shape index (κ3) is 4.92. The van der Waals surface area contributed by atoms with Crippen molar-refractivity contribution in [1.29, 1.82) is 0 Å². The number of rotatable bonds is 6. The highest BCUT2D eigenvalue weighted by Gasteiger charge is 2.32. The average molecular weight is 342 g/mol. The van der Waals surface area contributed by atoms with Gasteiger partial charge in [-0.3, -0.25) is 4.90 Å². The van der Waals surface area contributed by atoms with Crippen molar-refractivity contribution in [2.45, 2.75) is 38.0 Å². The van der Waals surface area contributed by atoms with Crippen molar-refractivity contribution in [2.24, 2.45) is 0 Å². The van der Waals surface area contributed by atoms with Gasteiger partial charge in [0.15, 0.2) is 5.82 Å². The van der Waals surface area contributed by atoms with Crippen LogP contribution in [0.3, 0.4) is 0 Å². The summed E-state index contributed by atoms with van der Waals surface area (Å²) in [5.74, 6) is -0.415. The van der Waals surface area contributed by atoms with E-state index in [0.717, 1.165) is 6.42 Å². The van der Waals surface area contributed by atoms with E-state index in [1.54, 1.807) is 0 Å². The summed E-state index contributed by atoms with van der Waals surface area (Å²) in [5.41, 5.74) is 0. The van der Waals surface area contributed by atoms with Crippen LogP contribution in [-0.2, 0) is 23.0 Å². The molecule has 1 aliphatic heterocycles. The Morgan fingerprint density at radius 1 is 1.45 bits per heavy atom. The van der Waals surface area contributed by atoms with Crippen LogP contribution >= 0.6 is 0 Å². The molecule has 0 amide bonds. The molecule has 22 heavy (non-hydrogen) atoms. The average Bonchev–Trinajstić information content (AvgIpc) is 2.98. The van der Waals surface area contributed by atoms with Crippen LogP contribution < -0.4 is 4.72 Å². The number of likely N-dealkylation sites (tertiary alicyclic amines) is 1. The van der Waals surface area contributed by atoms with Crippen LogP contribution in [0.5, 0.6) is 0 Å². The van der Waals surface area contributed by atoms with Gasteiger partial charge in [0.25, 0.3) is 0 Å². The van der Waals surface area contributed by atoms with Gasteiger partial charge in [-0.25, -0.2) is 13.1 Å². The Morgan fingerprint density at radius 3 is 2.82 bits per heavy atom.